The average molecular weight is 306 g/mol. The second kappa shape index (κ2) is 4.54. The molecule has 0 unspecified atom stereocenters. The number of nitrogens with one attached hydrogen (secondary N) is 1. The Labute approximate surface area is 115 Å². The third-order valence-corrected chi connectivity index (χ3v) is 4.37. The van der Waals surface area contributed by atoms with Crippen molar-refractivity contribution in [3.05, 3.63) is 44.2 Å². The Hall–Kier alpha value is -1.09. The molecule has 1 aromatic carbocycles. The molecule has 1 aromatic heterocycles. The maximum Gasteiger partial charge on any atom is 0.189 e. The molecule has 1 N–H and O–H groups in total. The van der Waals surface area contributed by atoms with Gasteiger partial charge in [0.1, 0.15) is 0 Å². The van der Waals surface area contributed by atoms with Gasteiger partial charge < -0.3 is 4.98 Å². The van der Waals surface area contributed by atoms with Crippen molar-refractivity contribution in [2.75, 3.05) is 0 Å². The molecule has 1 heterocycles. The van der Waals surface area contributed by atoms with Gasteiger partial charge in [-0.15, -0.1) is 0 Å². The van der Waals surface area contributed by atoms with Crippen molar-refractivity contribution in [1.82, 2.24) is 4.98 Å². The zero-order valence-corrected chi connectivity index (χ0v) is 12.0. The minimum atomic E-state index is 0.134. The number of aromatic amines is 1. The Kier molecular flexibility index (Phi) is 3.02. The summed E-state index contributed by atoms with van der Waals surface area (Å²) in [5.41, 5.74) is 3.37. The molecule has 1 aliphatic rings. The molecule has 0 aliphatic heterocycles. The molecule has 3 heteroatoms. The van der Waals surface area contributed by atoms with E-state index < -0.39 is 0 Å². The van der Waals surface area contributed by atoms with Gasteiger partial charge in [0.05, 0.1) is 5.52 Å². The van der Waals surface area contributed by atoms with Crippen LogP contribution >= 0.6 is 15.9 Å². The molecule has 2 nitrogen and oxygen atoms in total. The van der Waals surface area contributed by atoms with Crippen LogP contribution in [0.4, 0.5) is 0 Å². The van der Waals surface area contributed by atoms with Crippen LogP contribution in [0.3, 0.4) is 0 Å². The van der Waals surface area contributed by atoms with Gasteiger partial charge in [-0.1, -0.05) is 28.8 Å². The first-order valence-corrected chi connectivity index (χ1v) is 7.27. The van der Waals surface area contributed by atoms with E-state index in [0.29, 0.717) is 5.92 Å². The lowest BCUT2D eigenvalue weighted by atomic mass is 10.0. The van der Waals surface area contributed by atoms with E-state index in [0.717, 1.165) is 26.6 Å². The monoisotopic (exact) mass is 305 g/mol. The summed E-state index contributed by atoms with van der Waals surface area (Å²) in [6, 6.07) is 5.75. The summed E-state index contributed by atoms with van der Waals surface area (Å²) < 4.78 is 0.964. The topological polar surface area (TPSA) is 32.9 Å². The number of pyridine rings is 1. The van der Waals surface area contributed by atoms with Crippen LogP contribution < -0.4 is 5.43 Å². The van der Waals surface area contributed by atoms with Gasteiger partial charge in [0, 0.05) is 21.6 Å². The highest BCUT2D eigenvalue weighted by molar-refractivity contribution is 9.10. The number of hydrogen-bond donors (Lipinski definition) is 1. The zero-order chi connectivity index (χ0) is 12.7. The number of aromatic nitrogens is 1. The fourth-order valence-corrected chi connectivity index (χ4v) is 3.53. The molecule has 3 rings (SSSR count). The highest BCUT2D eigenvalue weighted by Crippen LogP contribution is 2.33. The molecule has 0 bridgehead atoms. The zero-order valence-electron chi connectivity index (χ0n) is 10.4. The van der Waals surface area contributed by atoms with Gasteiger partial charge >= 0.3 is 0 Å². The molecular formula is C15H16BrNO. The van der Waals surface area contributed by atoms with Crippen LogP contribution in [0.15, 0.2) is 27.5 Å². The SMILES string of the molecule is Cc1cc(Br)cc2c(=O)cc(C3CCCC3)[nH]c12. The van der Waals surface area contributed by atoms with E-state index in [-0.39, 0.29) is 5.43 Å². The quantitative estimate of drug-likeness (QED) is 0.839. The first-order valence-electron chi connectivity index (χ1n) is 6.48. The maximum absolute atomic E-state index is 12.2. The number of fused-ring (bicyclic) bond motifs is 1. The van der Waals surface area contributed by atoms with E-state index in [1.807, 2.05) is 13.0 Å². The smallest absolute Gasteiger partial charge is 0.189 e. The molecule has 18 heavy (non-hydrogen) atoms. The van der Waals surface area contributed by atoms with Crippen LogP contribution in [-0.4, -0.2) is 4.98 Å². The summed E-state index contributed by atoms with van der Waals surface area (Å²) >= 11 is 3.45. The molecule has 1 saturated carbocycles. The summed E-state index contributed by atoms with van der Waals surface area (Å²) in [5, 5.41) is 0.781. The number of benzene rings is 1. The lowest BCUT2D eigenvalue weighted by molar-refractivity contribution is 0.700. The van der Waals surface area contributed by atoms with Crippen molar-refractivity contribution in [1.29, 1.82) is 0 Å². The minimum Gasteiger partial charge on any atom is -0.358 e. The minimum absolute atomic E-state index is 0.134. The van der Waals surface area contributed by atoms with Crippen LogP contribution in [0.2, 0.25) is 0 Å². The Morgan fingerprint density at radius 1 is 1.22 bits per heavy atom. The first-order chi connectivity index (χ1) is 8.65. The Bertz CT molecular complexity index is 653. The van der Waals surface area contributed by atoms with Crippen LogP contribution in [0.5, 0.6) is 0 Å². The Balaban J connectivity index is 2.23. The molecule has 0 saturated heterocycles. The van der Waals surface area contributed by atoms with Gasteiger partial charge in [-0.05, 0) is 43.4 Å². The highest BCUT2D eigenvalue weighted by Gasteiger charge is 2.19. The first kappa shape index (κ1) is 12.0. The van der Waals surface area contributed by atoms with Crippen molar-refractivity contribution in [2.24, 2.45) is 0 Å². The molecule has 0 radical (unpaired) electrons. The molecule has 1 aliphatic carbocycles. The van der Waals surface area contributed by atoms with E-state index in [2.05, 4.69) is 27.0 Å². The highest BCUT2D eigenvalue weighted by atomic mass is 79.9. The van der Waals surface area contributed by atoms with E-state index in [1.54, 1.807) is 6.07 Å². The molecule has 0 spiro atoms. The largest absolute Gasteiger partial charge is 0.358 e. The van der Waals surface area contributed by atoms with Crippen LogP contribution in [0.25, 0.3) is 10.9 Å². The summed E-state index contributed by atoms with van der Waals surface area (Å²) in [7, 11) is 0. The van der Waals surface area contributed by atoms with Crippen LogP contribution in [-0.2, 0) is 0 Å². The van der Waals surface area contributed by atoms with Crippen molar-refractivity contribution < 1.29 is 0 Å². The van der Waals surface area contributed by atoms with Crippen molar-refractivity contribution in [3.8, 4) is 0 Å². The standard InChI is InChI=1S/C15H16BrNO/c1-9-6-11(16)7-12-14(18)8-13(17-15(9)12)10-4-2-3-5-10/h6-8,10H,2-5H2,1H3,(H,17,18). The van der Waals surface area contributed by atoms with Gasteiger partial charge in [0.2, 0.25) is 0 Å². The van der Waals surface area contributed by atoms with E-state index in [1.165, 1.54) is 25.7 Å². The number of rotatable bonds is 1. The van der Waals surface area contributed by atoms with Crippen LogP contribution in [0, 0.1) is 6.92 Å². The summed E-state index contributed by atoms with van der Waals surface area (Å²) in [6.07, 6.45) is 4.97. The summed E-state index contributed by atoms with van der Waals surface area (Å²) in [6.45, 7) is 2.04. The molecular weight excluding hydrogens is 290 g/mol. The Morgan fingerprint density at radius 2 is 1.94 bits per heavy atom. The van der Waals surface area contributed by atoms with Crippen molar-refractivity contribution in [2.45, 2.75) is 38.5 Å². The lowest BCUT2D eigenvalue weighted by Gasteiger charge is -2.12. The normalized spacial score (nSPS) is 16.6. The predicted molar refractivity (Wildman–Crippen MR) is 78.2 cm³/mol. The fourth-order valence-electron chi connectivity index (χ4n) is 2.96. The second-order valence-electron chi connectivity index (χ2n) is 5.22. The number of halogens is 1. The number of H-pyrrole nitrogens is 1. The van der Waals surface area contributed by atoms with E-state index in [4.69, 9.17) is 0 Å². The maximum atomic E-state index is 12.2. The second-order valence-corrected chi connectivity index (χ2v) is 6.13. The number of hydrogen-bond acceptors (Lipinski definition) is 1. The van der Waals surface area contributed by atoms with Gasteiger partial charge in [0.25, 0.3) is 0 Å². The lowest BCUT2D eigenvalue weighted by Crippen LogP contribution is -2.08. The molecule has 1 fully saturated rings. The van der Waals surface area contributed by atoms with Crippen molar-refractivity contribution >= 4 is 26.8 Å². The molecule has 0 amide bonds. The summed E-state index contributed by atoms with van der Waals surface area (Å²) in [5.74, 6) is 0.546. The fraction of sp³-hybridized carbons (Fsp3) is 0.400. The van der Waals surface area contributed by atoms with Gasteiger partial charge in [-0.25, -0.2) is 0 Å². The Morgan fingerprint density at radius 3 is 2.67 bits per heavy atom. The van der Waals surface area contributed by atoms with E-state index >= 15 is 0 Å². The molecule has 2 aromatic rings. The van der Waals surface area contributed by atoms with Gasteiger partial charge in [0.15, 0.2) is 5.43 Å². The number of aryl methyl sites for hydroxylation is 1. The average Bonchev–Trinajstić information content (AvgIpc) is 2.83. The van der Waals surface area contributed by atoms with Crippen LogP contribution in [0.1, 0.15) is 42.9 Å². The predicted octanol–water partition coefficient (Wildman–Crippen LogP) is 4.26. The molecule has 0 atom stereocenters. The molecule has 94 valence electrons. The summed E-state index contributed by atoms with van der Waals surface area (Å²) in [4.78, 5) is 15.7. The van der Waals surface area contributed by atoms with Gasteiger partial charge in [-0.2, -0.15) is 0 Å². The van der Waals surface area contributed by atoms with E-state index in [9.17, 15) is 4.79 Å². The van der Waals surface area contributed by atoms with Crippen molar-refractivity contribution in [3.63, 3.8) is 0 Å². The van der Waals surface area contributed by atoms with Gasteiger partial charge in [-0.3, -0.25) is 4.79 Å². The third kappa shape index (κ3) is 2.01. The third-order valence-electron chi connectivity index (χ3n) is 3.92.